The molecule has 1 N–H and O–H groups in total. The maximum absolute atomic E-state index is 12.3. The molecule has 3 rings (SSSR count). The molecule has 0 atom stereocenters. The van der Waals surface area contributed by atoms with Crippen LogP contribution in [-0.4, -0.2) is 55.4 Å². The van der Waals surface area contributed by atoms with E-state index in [2.05, 4.69) is 5.32 Å². The average molecular weight is 465 g/mol. The molecule has 31 heavy (non-hydrogen) atoms. The number of carbonyl (C=O) groups excluding carboxylic acids is 2. The van der Waals surface area contributed by atoms with Gasteiger partial charge in [0.1, 0.15) is 19.0 Å². The van der Waals surface area contributed by atoms with E-state index in [1.165, 1.54) is 11.8 Å². The number of likely N-dealkylation sites (N-methyl/N-ethyl adjacent to an activating group) is 1. The van der Waals surface area contributed by atoms with Gasteiger partial charge in [0.05, 0.1) is 10.8 Å². The SMILES string of the molecule is CCN(CC)C(=O)COc1ccc(NC(=O)CSc2ccc3c(c2)OCCO3)cc1Cl. The Morgan fingerprint density at radius 2 is 1.84 bits per heavy atom. The summed E-state index contributed by atoms with van der Waals surface area (Å²) in [4.78, 5) is 27.0. The number of anilines is 1. The first-order chi connectivity index (χ1) is 15.0. The van der Waals surface area contributed by atoms with E-state index in [0.717, 1.165) is 10.6 Å². The fraction of sp³-hybridized carbons (Fsp3) is 0.364. The first-order valence-corrected chi connectivity index (χ1v) is 11.4. The van der Waals surface area contributed by atoms with Gasteiger partial charge in [-0.05, 0) is 50.2 Å². The van der Waals surface area contributed by atoms with Crippen LogP contribution >= 0.6 is 23.4 Å². The highest BCUT2D eigenvalue weighted by molar-refractivity contribution is 8.00. The molecule has 1 aliphatic heterocycles. The largest absolute Gasteiger partial charge is 0.486 e. The van der Waals surface area contributed by atoms with Crippen LogP contribution in [0, 0.1) is 0 Å². The lowest BCUT2D eigenvalue weighted by Gasteiger charge is -2.19. The van der Waals surface area contributed by atoms with Gasteiger partial charge in [-0.3, -0.25) is 9.59 Å². The molecule has 0 fully saturated rings. The lowest BCUT2D eigenvalue weighted by atomic mass is 10.3. The molecule has 9 heteroatoms. The molecular formula is C22H25ClN2O5S. The molecule has 0 aromatic heterocycles. The predicted octanol–water partition coefficient (Wildman–Crippen LogP) is 4.09. The molecule has 2 amide bonds. The van der Waals surface area contributed by atoms with Gasteiger partial charge in [0.25, 0.3) is 5.91 Å². The molecule has 0 unspecified atom stereocenters. The van der Waals surface area contributed by atoms with E-state index < -0.39 is 0 Å². The lowest BCUT2D eigenvalue weighted by molar-refractivity contribution is -0.133. The summed E-state index contributed by atoms with van der Waals surface area (Å²) in [6.45, 7) is 6.06. The maximum atomic E-state index is 12.3. The summed E-state index contributed by atoms with van der Waals surface area (Å²) >= 11 is 7.65. The van der Waals surface area contributed by atoms with Crippen molar-refractivity contribution < 1.29 is 23.8 Å². The van der Waals surface area contributed by atoms with Crippen molar-refractivity contribution in [3.05, 3.63) is 41.4 Å². The highest BCUT2D eigenvalue weighted by atomic mass is 35.5. The fourth-order valence-corrected chi connectivity index (χ4v) is 3.92. The monoisotopic (exact) mass is 464 g/mol. The summed E-state index contributed by atoms with van der Waals surface area (Å²) in [5, 5.41) is 3.14. The van der Waals surface area contributed by atoms with E-state index in [4.69, 9.17) is 25.8 Å². The molecule has 0 spiro atoms. The maximum Gasteiger partial charge on any atom is 0.260 e. The fourth-order valence-electron chi connectivity index (χ4n) is 2.96. The molecule has 1 heterocycles. The summed E-state index contributed by atoms with van der Waals surface area (Å²) in [5.41, 5.74) is 0.556. The number of nitrogens with one attached hydrogen (secondary N) is 1. The molecule has 0 saturated heterocycles. The summed E-state index contributed by atoms with van der Waals surface area (Å²) in [5.74, 6) is 1.77. The van der Waals surface area contributed by atoms with Crippen molar-refractivity contribution in [2.75, 3.05) is 44.0 Å². The number of hydrogen-bond donors (Lipinski definition) is 1. The minimum Gasteiger partial charge on any atom is -0.486 e. The van der Waals surface area contributed by atoms with E-state index >= 15 is 0 Å². The summed E-state index contributed by atoms with van der Waals surface area (Å²) < 4.78 is 16.6. The van der Waals surface area contributed by atoms with Gasteiger partial charge < -0.3 is 24.4 Å². The van der Waals surface area contributed by atoms with Gasteiger partial charge in [0, 0.05) is 23.7 Å². The number of carbonyl (C=O) groups is 2. The number of benzene rings is 2. The molecule has 0 radical (unpaired) electrons. The number of nitrogens with zero attached hydrogens (tertiary/aromatic N) is 1. The van der Waals surface area contributed by atoms with Crippen molar-refractivity contribution in [3.63, 3.8) is 0 Å². The summed E-state index contributed by atoms with van der Waals surface area (Å²) in [7, 11) is 0. The number of halogens is 1. The minimum atomic E-state index is -0.165. The Labute approximate surface area is 191 Å². The number of hydrogen-bond acceptors (Lipinski definition) is 6. The van der Waals surface area contributed by atoms with Crippen LogP contribution in [0.2, 0.25) is 5.02 Å². The van der Waals surface area contributed by atoms with Crippen molar-refractivity contribution in [1.29, 1.82) is 0 Å². The zero-order valence-electron chi connectivity index (χ0n) is 17.5. The van der Waals surface area contributed by atoms with Gasteiger partial charge in [-0.2, -0.15) is 0 Å². The van der Waals surface area contributed by atoms with E-state index in [9.17, 15) is 9.59 Å². The average Bonchev–Trinajstić information content (AvgIpc) is 2.78. The molecule has 2 aromatic carbocycles. The molecule has 166 valence electrons. The Morgan fingerprint density at radius 1 is 1.10 bits per heavy atom. The van der Waals surface area contributed by atoms with Crippen LogP contribution in [-0.2, 0) is 9.59 Å². The molecule has 0 bridgehead atoms. The zero-order valence-corrected chi connectivity index (χ0v) is 19.1. The second-order valence-corrected chi connectivity index (χ2v) is 8.10. The van der Waals surface area contributed by atoms with E-state index in [1.54, 1.807) is 23.1 Å². The standard InChI is InChI=1S/C22H25ClN2O5S/c1-3-25(4-2)22(27)13-30-18-7-5-15(11-17(18)23)24-21(26)14-31-16-6-8-19-20(12-16)29-10-9-28-19/h5-8,11-12H,3-4,9-10,13-14H2,1-2H3,(H,24,26). The van der Waals surface area contributed by atoms with Gasteiger partial charge in [0.15, 0.2) is 18.1 Å². The Balaban J connectivity index is 1.50. The molecule has 1 aliphatic rings. The number of amides is 2. The van der Waals surface area contributed by atoms with Crippen LogP contribution in [0.5, 0.6) is 17.2 Å². The Kier molecular flexibility index (Phi) is 8.31. The third-order valence-electron chi connectivity index (χ3n) is 4.57. The third-order valence-corrected chi connectivity index (χ3v) is 5.86. The van der Waals surface area contributed by atoms with Crippen LogP contribution in [0.4, 0.5) is 5.69 Å². The van der Waals surface area contributed by atoms with Crippen molar-refractivity contribution in [1.82, 2.24) is 4.90 Å². The number of fused-ring (bicyclic) bond motifs is 1. The van der Waals surface area contributed by atoms with Gasteiger partial charge in [-0.15, -0.1) is 11.8 Å². The highest BCUT2D eigenvalue weighted by Crippen LogP contribution is 2.34. The second-order valence-electron chi connectivity index (χ2n) is 6.64. The lowest BCUT2D eigenvalue weighted by Crippen LogP contribution is -2.34. The first-order valence-electron chi connectivity index (χ1n) is 10.0. The number of thioether (sulfide) groups is 1. The summed E-state index contributed by atoms with van der Waals surface area (Å²) in [6, 6.07) is 10.5. The normalized spacial score (nSPS) is 12.2. The molecule has 7 nitrogen and oxygen atoms in total. The third kappa shape index (κ3) is 6.45. The molecular weight excluding hydrogens is 440 g/mol. The minimum absolute atomic E-state index is 0.0840. The smallest absolute Gasteiger partial charge is 0.260 e. The van der Waals surface area contributed by atoms with Gasteiger partial charge >= 0.3 is 0 Å². The Bertz CT molecular complexity index is 936. The van der Waals surface area contributed by atoms with Crippen molar-refractivity contribution in [2.24, 2.45) is 0 Å². The Morgan fingerprint density at radius 3 is 2.55 bits per heavy atom. The first kappa shape index (κ1) is 23.1. The Hall–Kier alpha value is -2.58. The number of rotatable bonds is 9. The van der Waals surface area contributed by atoms with Crippen LogP contribution in [0.25, 0.3) is 0 Å². The van der Waals surface area contributed by atoms with Crippen LogP contribution in [0.3, 0.4) is 0 Å². The molecule has 2 aromatic rings. The van der Waals surface area contributed by atoms with Crippen LogP contribution < -0.4 is 19.5 Å². The van der Waals surface area contributed by atoms with Crippen molar-refractivity contribution in [3.8, 4) is 17.2 Å². The van der Waals surface area contributed by atoms with Crippen LogP contribution in [0.15, 0.2) is 41.3 Å². The van der Waals surface area contributed by atoms with Gasteiger partial charge in [0.2, 0.25) is 5.91 Å². The highest BCUT2D eigenvalue weighted by Gasteiger charge is 2.14. The van der Waals surface area contributed by atoms with E-state index in [0.29, 0.717) is 48.5 Å². The van der Waals surface area contributed by atoms with Gasteiger partial charge in [-0.1, -0.05) is 11.6 Å². The quantitative estimate of drug-likeness (QED) is 0.563. The number of ether oxygens (including phenoxy) is 3. The van der Waals surface area contributed by atoms with E-state index in [-0.39, 0.29) is 24.2 Å². The molecule has 0 aliphatic carbocycles. The predicted molar refractivity (Wildman–Crippen MR) is 122 cm³/mol. The zero-order chi connectivity index (χ0) is 22.2. The topological polar surface area (TPSA) is 77.1 Å². The van der Waals surface area contributed by atoms with E-state index in [1.807, 2.05) is 32.0 Å². The van der Waals surface area contributed by atoms with Gasteiger partial charge in [-0.25, -0.2) is 0 Å². The van der Waals surface area contributed by atoms with Crippen molar-refractivity contribution >= 4 is 40.9 Å². The van der Waals surface area contributed by atoms with Crippen molar-refractivity contribution in [2.45, 2.75) is 18.7 Å². The summed E-state index contributed by atoms with van der Waals surface area (Å²) in [6.07, 6.45) is 0. The van der Waals surface area contributed by atoms with Crippen LogP contribution in [0.1, 0.15) is 13.8 Å². The molecule has 0 saturated carbocycles. The second kappa shape index (κ2) is 11.2.